The van der Waals surface area contributed by atoms with E-state index in [0.29, 0.717) is 19.1 Å². The highest BCUT2D eigenvalue weighted by Crippen LogP contribution is 2.23. The third-order valence-electron chi connectivity index (χ3n) is 4.85. The van der Waals surface area contributed by atoms with Crippen molar-refractivity contribution in [1.29, 1.82) is 0 Å². The fourth-order valence-corrected chi connectivity index (χ4v) is 2.03. The van der Waals surface area contributed by atoms with E-state index in [9.17, 15) is 0 Å². The molecule has 6 nitrogen and oxygen atoms in total. The van der Waals surface area contributed by atoms with Crippen molar-refractivity contribution < 1.29 is 29.5 Å². The Morgan fingerprint density at radius 2 is 1.12 bits per heavy atom. The molecule has 0 saturated carbocycles. The highest BCUT2D eigenvalue weighted by atomic mass is 16.5. The molecule has 212 valence electrons. The number of ether oxygens (including phenoxy) is 3. The molecule has 1 atom stereocenters. The third-order valence-corrected chi connectivity index (χ3v) is 4.85. The molecule has 0 radical (unpaired) electrons. The van der Waals surface area contributed by atoms with Gasteiger partial charge < -0.3 is 29.5 Å². The molecule has 3 N–H and O–H groups in total. The average molecular weight is 497 g/mol. The van der Waals surface area contributed by atoms with Crippen molar-refractivity contribution in [3.63, 3.8) is 0 Å². The van der Waals surface area contributed by atoms with Gasteiger partial charge in [0, 0.05) is 24.5 Å². The van der Waals surface area contributed by atoms with E-state index in [4.69, 9.17) is 29.5 Å². The Morgan fingerprint density at radius 3 is 1.38 bits per heavy atom. The highest BCUT2D eigenvalue weighted by Gasteiger charge is 2.29. The molecule has 0 fully saturated rings. The first kappa shape index (κ1) is 40.9. The molecule has 0 aliphatic rings. The summed E-state index contributed by atoms with van der Waals surface area (Å²) >= 11 is 0. The first-order valence-corrected chi connectivity index (χ1v) is 12.7. The van der Waals surface area contributed by atoms with Crippen LogP contribution in [0.3, 0.4) is 0 Å². The van der Waals surface area contributed by atoms with Gasteiger partial charge >= 0.3 is 0 Å². The Hall–Kier alpha value is -0.240. The molecule has 0 spiro atoms. The predicted molar refractivity (Wildman–Crippen MR) is 147 cm³/mol. The lowest BCUT2D eigenvalue weighted by Crippen LogP contribution is -2.37. The minimum absolute atomic E-state index is 0. The van der Waals surface area contributed by atoms with Crippen molar-refractivity contribution in [2.24, 2.45) is 11.3 Å². The van der Waals surface area contributed by atoms with E-state index in [2.05, 4.69) is 34.6 Å². The molecule has 0 aliphatic heterocycles. The van der Waals surface area contributed by atoms with E-state index in [0.717, 1.165) is 19.4 Å². The average Bonchev–Trinajstić information content (AvgIpc) is 2.69. The summed E-state index contributed by atoms with van der Waals surface area (Å²) in [6.45, 7) is 26.5. The summed E-state index contributed by atoms with van der Waals surface area (Å²) in [6.07, 6.45) is 4.09. The van der Waals surface area contributed by atoms with Gasteiger partial charge in [-0.3, -0.25) is 0 Å². The Labute approximate surface area is 213 Å². The fourth-order valence-electron chi connectivity index (χ4n) is 2.03. The van der Waals surface area contributed by atoms with Crippen molar-refractivity contribution in [1.82, 2.24) is 0 Å². The van der Waals surface area contributed by atoms with Crippen LogP contribution in [0.5, 0.6) is 0 Å². The van der Waals surface area contributed by atoms with Crippen LogP contribution in [0, 0.1) is 11.3 Å². The quantitative estimate of drug-likeness (QED) is 0.277. The van der Waals surface area contributed by atoms with Gasteiger partial charge in [0.15, 0.2) is 0 Å². The number of rotatable bonds is 12. The first-order chi connectivity index (χ1) is 14.9. The van der Waals surface area contributed by atoms with Crippen molar-refractivity contribution in [2.75, 3.05) is 39.6 Å². The van der Waals surface area contributed by atoms with E-state index in [1.165, 1.54) is 12.8 Å². The number of aliphatic hydroxyl groups excluding tert-OH is 3. The zero-order chi connectivity index (χ0) is 26.8. The van der Waals surface area contributed by atoms with Gasteiger partial charge in [-0.15, -0.1) is 0 Å². The molecule has 0 aliphatic carbocycles. The van der Waals surface area contributed by atoms with Crippen molar-refractivity contribution in [2.45, 2.75) is 133 Å². The van der Waals surface area contributed by atoms with Crippen LogP contribution in [0.25, 0.3) is 0 Å². The SMILES string of the molecule is C.CCC(CO)(CO)COC(C)(C)C.CCC(CO)COC(C)(C)C.CCCCOC(C)(C)C. The Morgan fingerprint density at radius 1 is 0.676 bits per heavy atom. The van der Waals surface area contributed by atoms with Crippen LogP contribution >= 0.6 is 0 Å². The standard InChI is InChI=1S/C10H22O3.C9H20O2.C8H18O.CH4/c1-5-10(6-11,7-12)8-13-9(2,3)4;1-5-8(6-10)7-11-9(2,3)4;1-5-6-7-9-8(2,3)4;/h11-12H,5-8H2,1-4H3;8,10H,5-7H2,1-4H3;5-7H2,1-4H3;1H4. The topological polar surface area (TPSA) is 88.4 Å². The molecule has 0 bridgehead atoms. The van der Waals surface area contributed by atoms with E-state index < -0.39 is 5.41 Å². The highest BCUT2D eigenvalue weighted by molar-refractivity contribution is 4.77. The van der Waals surface area contributed by atoms with E-state index in [-0.39, 0.29) is 44.1 Å². The maximum absolute atomic E-state index is 9.13. The fraction of sp³-hybridized carbons (Fsp3) is 1.00. The lowest BCUT2D eigenvalue weighted by Gasteiger charge is -2.32. The molecule has 0 rings (SSSR count). The summed E-state index contributed by atoms with van der Waals surface area (Å²) in [7, 11) is 0. The lowest BCUT2D eigenvalue weighted by atomic mass is 9.88. The molecule has 0 aromatic heterocycles. The van der Waals surface area contributed by atoms with Crippen LogP contribution in [0.4, 0.5) is 0 Å². The summed E-state index contributed by atoms with van der Waals surface area (Å²) in [5, 5.41) is 27.1. The minimum Gasteiger partial charge on any atom is -0.396 e. The Balaban J connectivity index is -0.000000199. The van der Waals surface area contributed by atoms with E-state index in [1.54, 1.807) is 0 Å². The Bertz CT molecular complexity index is 402. The molecular formula is C28H64O6. The molecule has 1 unspecified atom stereocenters. The smallest absolute Gasteiger partial charge is 0.0598 e. The second-order valence-electron chi connectivity index (χ2n) is 11.8. The summed E-state index contributed by atoms with van der Waals surface area (Å²) in [6, 6.07) is 0. The van der Waals surface area contributed by atoms with E-state index >= 15 is 0 Å². The third kappa shape index (κ3) is 29.8. The van der Waals surface area contributed by atoms with Crippen molar-refractivity contribution in [3.05, 3.63) is 0 Å². The van der Waals surface area contributed by atoms with Gasteiger partial charge in [-0.05, 0) is 81.6 Å². The summed E-state index contributed by atoms with van der Waals surface area (Å²) in [5.74, 6) is 0.300. The largest absolute Gasteiger partial charge is 0.396 e. The van der Waals surface area contributed by atoms with Gasteiger partial charge in [-0.2, -0.15) is 0 Å². The molecule has 0 aromatic rings. The van der Waals surface area contributed by atoms with Crippen LogP contribution in [0.15, 0.2) is 0 Å². The van der Waals surface area contributed by atoms with Crippen LogP contribution in [-0.4, -0.2) is 71.8 Å². The second kappa shape index (κ2) is 20.9. The van der Waals surface area contributed by atoms with Gasteiger partial charge in [0.25, 0.3) is 0 Å². The number of hydrogen-bond donors (Lipinski definition) is 3. The van der Waals surface area contributed by atoms with Crippen LogP contribution < -0.4 is 0 Å². The monoisotopic (exact) mass is 496 g/mol. The summed E-state index contributed by atoms with van der Waals surface area (Å²) < 4.78 is 16.5. The molecule has 34 heavy (non-hydrogen) atoms. The number of hydrogen-bond acceptors (Lipinski definition) is 6. The normalized spacial score (nSPS) is 13.1. The van der Waals surface area contributed by atoms with Crippen LogP contribution in [-0.2, 0) is 14.2 Å². The molecule has 0 aromatic carbocycles. The number of aliphatic hydroxyl groups is 3. The zero-order valence-electron chi connectivity index (χ0n) is 24.2. The Kier molecular flexibility index (Phi) is 25.2. The first-order valence-electron chi connectivity index (χ1n) is 12.7. The maximum atomic E-state index is 9.13. The molecule has 6 heteroatoms. The summed E-state index contributed by atoms with van der Waals surface area (Å²) in [5.41, 5.74) is -0.726. The van der Waals surface area contributed by atoms with Gasteiger partial charge in [0.05, 0.1) is 43.2 Å². The summed E-state index contributed by atoms with van der Waals surface area (Å²) in [4.78, 5) is 0. The van der Waals surface area contributed by atoms with Gasteiger partial charge in [0.1, 0.15) is 0 Å². The zero-order valence-corrected chi connectivity index (χ0v) is 24.2. The second-order valence-corrected chi connectivity index (χ2v) is 11.8. The van der Waals surface area contributed by atoms with Gasteiger partial charge in [0.2, 0.25) is 0 Å². The maximum Gasteiger partial charge on any atom is 0.0598 e. The van der Waals surface area contributed by atoms with Gasteiger partial charge in [-0.1, -0.05) is 34.6 Å². The minimum atomic E-state index is -0.479. The molecular weight excluding hydrogens is 432 g/mol. The van der Waals surface area contributed by atoms with Crippen LogP contribution in [0.1, 0.15) is 116 Å². The molecule has 0 saturated heterocycles. The lowest BCUT2D eigenvalue weighted by molar-refractivity contribution is -0.0862. The van der Waals surface area contributed by atoms with Gasteiger partial charge in [-0.25, -0.2) is 0 Å². The van der Waals surface area contributed by atoms with Crippen LogP contribution in [0.2, 0.25) is 0 Å². The van der Waals surface area contributed by atoms with E-state index in [1.807, 2.05) is 48.5 Å². The van der Waals surface area contributed by atoms with Crippen molar-refractivity contribution in [3.8, 4) is 0 Å². The van der Waals surface area contributed by atoms with Crippen molar-refractivity contribution >= 4 is 0 Å². The molecule has 0 amide bonds. The number of unbranched alkanes of at least 4 members (excludes halogenated alkanes) is 1. The molecule has 0 heterocycles. The predicted octanol–water partition coefficient (Wildman–Crippen LogP) is 6.24.